The quantitative estimate of drug-likeness (QED) is 0.669. The van der Waals surface area contributed by atoms with Crippen LogP contribution in [0, 0.1) is 0 Å². The lowest BCUT2D eigenvalue weighted by Gasteiger charge is -2.18. The molecule has 1 unspecified atom stereocenters. The molecule has 0 amide bonds. The molecule has 0 spiro atoms. The second-order valence-electron chi connectivity index (χ2n) is 5.96. The van der Waals surface area contributed by atoms with E-state index in [1.165, 1.54) is 0 Å². The number of hydrogen-bond donors (Lipinski definition) is 3. The number of anilines is 2. The van der Waals surface area contributed by atoms with Gasteiger partial charge >= 0.3 is 0 Å². The van der Waals surface area contributed by atoms with Gasteiger partial charge in [0.2, 0.25) is 0 Å². The van der Waals surface area contributed by atoms with Crippen molar-refractivity contribution in [1.82, 2.24) is 9.97 Å². The molecule has 6 heteroatoms. The number of fused-ring (bicyclic) bond motifs is 1. The molecule has 3 aromatic rings. The van der Waals surface area contributed by atoms with Crippen LogP contribution < -0.4 is 11.1 Å². The Balaban J connectivity index is 0.00000182. The van der Waals surface area contributed by atoms with Crippen LogP contribution in [0.1, 0.15) is 22.5 Å². The number of hydrogen-bond acceptors (Lipinski definition) is 4. The Hall–Kier alpha value is -2.63. The van der Waals surface area contributed by atoms with E-state index >= 15 is 0 Å². The van der Waals surface area contributed by atoms with Gasteiger partial charge < -0.3 is 16.0 Å². The van der Waals surface area contributed by atoms with Crippen LogP contribution in [0.25, 0.3) is 11.3 Å². The summed E-state index contributed by atoms with van der Waals surface area (Å²) in [5.41, 5.74) is 11.4. The van der Waals surface area contributed by atoms with Crippen molar-refractivity contribution in [3.8, 4) is 11.3 Å². The predicted molar refractivity (Wildman–Crippen MR) is 102 cm³/mol. The number of H-pyrrole nitrogens is 1. The highest BCUT2D eigenvalue weighted by molar-refractivity contribution is 6.04. The minimum absolute atomic E-state index is 0. The maximum atomic E-state index is 12.5. The summed E-state index contributed by atoms with van der Waals surface area (Å²) in [7, 11) is 0. The van der Waals surface area contributed by atoms with Crippen molar-refractivity contribution in [1.29, 1.82) is 0 Å². The third-order valence-electron chi connectivity index (χ3n) is 4.40. The molecule has 2 heterocycles. The minimum Gasteiger partial charge on any atom is -0.354 e. The van der Waals surface area contributed by atoms with Crippen LogP contribution in [-0.4, -0.2) is 21.8 Å². The number of nitrogens with two attached hydrogens (primary N) is 1. The summed E-state index contributed by atoms with van der Waals surface area (Å²) < 4.78 is 0. The van der Waals surface area contributed by atoms with E-state index in [0.717, 1.165) is 34.6 Å². The van der Waals surface area contributed by atoms with Crippen molar-refractivity contribution in [2.45, 2.75) is 18.9 Å². The Bertz CT molecular complexity index is 877. The van der Waals surface area contributed by atoms with Gasteiger partial charge in [0, 0.05) is 29.2 Å². The van der Waals surface area contributed by atoms with Gasteiger partial charge in [-0.1, -0.05) is 18.2 Å². The largest absolute Gasteiger partial charge is 0.354 e. The number of ketones is 1. The Morgan fingerprint density at radius 2 is 1.80 bits per heavy atom. The monoisotopic (exact) mass is 354 g/mol. The number of nitrogens with zero attached hydrogens (tertiary/aromatic N) is 1. The molecule has 0 radical (unpaired) electrons. The molecule has 4 rings (SSSR count). The summed E-state index contributed by atoms with van der Waals surface area (Å²) in [6, 6.07) is 13.4. The van der Waals surface area contributed by atoms with E-state index in [9.17, 15) is 4.79 Å². The summed E-state index contributed by atoms with van der Waals surface area (Å²) in [5.74, 6) is -0.0207. The van der Waals surface area contributed by atoms with Crippen LogP contribution >= 0.6 is 12.4 Å². The number of halogens is 1. The van der Waals surface area contributed by atoms with Gasteiger partial charge in [0.25, 0.3) is 0 Å². The van der Waals surface area contributed by atoms with E-state index in [2.05, 4.69) is 15.3 Å². The van der Waals surface area contributed by atoms with E-state index in [4.69, 9.17) is 5.73 Å². The molecule has 2 aromatic heterocycles. The topological polar surface area (TPSA) is 83.8 Å². The molecule has 5 nitrogen and oxygen atoms in total. The van der Waals surface area contributed by atoms with Gasteiger partial charge in [-0.05, 0) is 37.1 Å². The molecule has 0 bridgehead atoms. The summed E-state index contributed by atoms with van der Waals surface area (Å²) in [4.78, 5) is 19.8. The van der Waals surface area contributed by atoms with Crippen LogP contribution in [0.15, 0.2) is 54.9 Å². The summed E-state index contributed by atoms with van der Waals surface area (Å²) in [5, 5.41) is 3.47. The Labute approximate surface area is 152 Å². The van der Waals surface area contributed by atoms with Gasteiger partial charge in [-0.2, -0.15) is 0 Å². The van der Waals surface area contributed by atoms with E-state index in [1.54, 1.807) is 12.4 Å². The molecular formula is C19H19ClN4O. The number of carbonyl (C=O) groups is 1. The first-order chi connectivity index (χ1) is 11.7. The van der Waals surface area contributed by atoms with Gasteiger partial charge in [-0.25, -0.2) is 0 Å². The zero-order chi connectivity index (χ0) is 16.5. The van der Waals surface area contributed by atoms with Crippen molar-refractivity contribution in [2.24, 2.45) is 5.73 Å². The van der Waals surface area contributed by atoms with Gasteiger partial charge in [0.05, 0.1) is 23.1 Å². The van der Waals surface area contributed by atoms with Gasteiger partial charge in [-0.3, -0.25) is 9.78 Å². The molecular weight excluding hydrogens is 336 g/mol. The first kappa shape index (κ1) is 17.2. The lowest BCUT2D eigenvalue weighted by molar-refractivity contribution is 0.0944. The number of aromatic nitrogens is 2. The molecule has 1 aliphatic rings. The number of para-hydroxylation sites is 1. The molecule has 1 aromatic carbocycles. The number of carbonyl (C=O) groups excluding carboxylic acids is 1. The molecule has 128 valence electrons. The van der Waals surface area contributed by atoms with E-state index in [-0.39, 0.29) is 18.2 Å². The third-order valence-corrected chi connectivity index (χ3v) is 4.40. The summed E-state index contributed by atoms with van der Waals surface area (Å²) >= 11 is 0. The molecule has 1 atom stereocenters. The van der Waals surface area contributed by atoms with Crippen LogP contribution in [0.2, 0.25) is 0 Å². The summed E-state index contributed by atoms with van der Waals surface area (Å²) in [6.07, 6.45) is 4.94. The first-order valence-corrected chi connectivity index (χ1v) is 8.01. The highest BCUT2D eigenvalue weighted by atomic mass is 35.5. The second kappa shape index (κ2) is 7.09. The van der Waals surface area contributed by atoms with E-state index in [1.807, 2.05) is 42.5 Å². The molecule has 0 saturated heterocycles. The number of aromatic amines is 1. The molecule has 1 aliphatic carbocycles. The Morgan fingerprint density at radius 3 is 2.52 bits per heavy atom. The fourth-order valence-corrected chi connectivity index (χ4v) is 3.15. The number of rotatable bonds is 3. The normalized spacial score (nSPS) is 16.0. The lowest BCUT2D eigenvalue weighted by Crippen LogP contribution is -2.35. The van der Waals surface area contributed by atoms with Gasteiger partial charge in [0.15, 0.2) is 5.78 Å². The Kier molecular flexibility index (Phi) is 4.88. The van der Waals surface area contributed by atoms with Crippen molar-refractivity contribution >= 4 is 29.6 Å². The number of nitrogens with one attached hydrogen (secondary N) is 2. The third kappa shape index (κ3) is 3.16. The van der Waals surface area contributed by atoms with Crippen molar-refractivity contribution < 1.29 is 4.79 Å². The molecule has 0 saturated carbocycles. The maximum Gasteiger partial charge on any atom is 0.196 e. The molecule has 25 heavy (non-hydrogen) atoms. The van der Waals surface area contributed by atoms with Gasteiger partial charge in [0.1, 0.15) is 0 Å². The number of Topliss-reactive ketones (excluding diaryl/α,β-unsaturated/α-hetero) is 1. The lowest BCUT2D eigenvalue weighted by atomic mass is 9.91. The smallest absolute Gasteiger partial charge is 0.196 e. The van der Waals surface area contributed by atoms with Crippen LogP contribution in [0.3, 0.4) is 0 Å². The van der Waals surface area contributed by atoms with Crippen molar-refractivity contribution in [2.75, 3.05) is 5.32 Å². The average Bonchev–Trinajstić information content (AvgIpc) is 2.99. The average molecular weight is 355 g/mol. The minimum atomic E-state index is -0.425. The van der Waals surface area contributed by atoms with E-state index in [0.29, 0.717) is 12.1 Å². The standard InChI is InChI=1S/C19H18N4O.ClH/c20-15-7-6-14-17(22-13-4-2-1-3-5-13)16(23-18(14)19(15)24)12-8-10-21-11-9-12;/h1-5,8-11,15,22-23H,6-7,20H2;1H. The highest BCUT2D eigenvalue weighted by Gasteiger charge is 2.30. The zero-order valence-corrected chi connectivity index (χ0v) is 14.3. The Morgan fingerprint density at radius 1 is 1.08 bits per heavy atom. The van der Waals surface area contributed by atoms with Crippen LogP contribution in [0.4, 0.5) is 11.4 Å². The predicted octanol–water partition coefficient (Wildman–Crippen LogP) is 3.70. The van der Waals surface area contributed by atoms with Crippen LogP contribution in [0.5, 0.6) is 0 Å². The van der Waals surface area contributed by atoms with Crippen molar-refractivity contribution in [3.05, 3.63) is 66.1 Å². The fourth-order valence-electron chi connectivity index (χ4n) is 3.15. The first-order valence-electron chi connectivity index (χ1n) is 8.01. The zero-order valence-electron chi connectivity index (χ0n) is 13.5. The number of pyridine rings is 1. The molecule has 0 aliphatic heterocycles. The molecule has 0 fully saturated rings. The number of benzene rings is 1. The maximum absolute atomic E-state index is 12.5. The SMILES string of the molecule is Cl.NC1CCc2c([nH]c(-c3ccncc3)c2Nc2ccccc2)C1=O. The van der Waals surface area contributed by atoms with Crippen molar-refractivity contribution in [3.63, 3.8) is 0 Å². The fraction of sp³-hybridized carbons (Fsp3) is 0.158. The molecule has 4 N–H and O–H groups in total. The highest BCUT2D eigenvalue weighted by Crippen LogP contribution is 2.38. The van der Waals surface area contributed by atoms with Crippen LogP contribution in [-0.2, 0) is 6.42 Å². The summed E-state index contributed by atoms with van der Waals surface area (Å²) in [6.45, 7) is 0. The second-order valence-corrected chi connectivity index (χ2v) is 5.96. The van der Waals surface area contributed by atoms with E-state index < -0.39 is 6.04 Å². The van der Waals surface area contributed by atoms with Gasteiger partial charge in [-0.15, -0.1) is 12.4 Å².